The predicted molar refractivity (Wildman–Crippen MR) is 88.8 cm³/mol. The van der Waals surface area contributed by atoms with E-state index in [0.717, 1.165) is 24.6 Å². The van der Waals surface area contributed by atoms with Crippen LogP contribution in [0.15, 0.2) is 40.6 Å². The number of thioether (sulfide) groups is 1. The second-order valence-corrected chi connectivity index (χ2v) is 7.49. The van der Waals surface area contributed by atoms with E-state index in [-0.39, 0.29) is 0 Å². The lowest BCUT2D eigenvalue weighted by Crippen LogP contribution is -2.21. The van der Waals surface area contributed by atoms with E-state index in [4.69, 9.17) is 9.47 Å². The van der Waals surface area contributed by atoms with Gasteiger partial charge >= 0.3 is 0 Å². The van der Waals surface area contributed by atoms with E-state index in [9.17, 15) is 0 Å². The number of fused-ring (bicyclic) bond motifs is 1. The standard InChI is InChI=1S/C16H19NO2S2/c1-12(10-17-11-14-3-2-8-20-14)21-13-4-5-15-16(9-13)19-7-6-18-15/h2-5,8-9,12,17H,6-7,10-11H2,1H3. The molecule has 2 aromatic rings. The maximum absolute atomic E-state index is 5.62. The lowest BCUT2D eigenvalue weighted by atomic mass is 10.3. The molecule has 3 rings (SSSR count). The quantitative estimate of drug-likeness (QED) is 0.820. The van der Waals surface area contributed by atoms with Crippen LogP contribution in [0.4, 0.5) is 0 Å². The highest BCUT2D eigenvalue weighted by molar-refractivity contribution is 8.00. The molecule has 1 aromatic heterocycles. The molecule has 112 valence electrons. The average Bonchev–Trinajstić information content (AvgIpc) is 3.00. The van der Waals surface area contributed by atoms with Gasteiger partial charge in [0, 0.05) is 28.1 Å². The Labute approximate surface area is 133 Å². The van der Waals surface area contributed by atoms with Gasteiger partial charge < -0.3 is 14.8 Å². The van der Waals surface area contributed by atoms with Crippen molar-refractivity contribution >= 4 is 23.1 Å². The Morgan fingerprint density at radius 3 is 2.90 bits per heavy atom. The summed E-state index contributed by atoms with van der Waals surface area (Å²) in [6.07, 6.45) is 0. The van der Waals surface area contributed by atoms with Gasteiger partial charge in [-0.15, -0.1) is 23.1 Å². The highest BCUT2D eigenvalue weighted by atomic mass is 32.2. The first-order chi connectivity index (χ1) is 10.3. The molecule has 1 unspecified atom stereocenters. The van der Waals surface area contributed by atoms with E-state index >= 15 is 0 Å². The Morgan fingerprint density at radius 2 is 2.10 bits per heavy atom. The van der Waals surface area contributed by atoms with Crippen molar-refractivity contribution in [3.63, 3.8) is 0 Å². The molecule has 0 radical (unpaired) electrons. The van der Waals surface area contributed by atoms with Gasteiger partial charge in [0.15, 0.2) is 11.5 Å². The van der Waals surface area contributed by atoms with Gasteiger partial charge in [-0.05, 0) is 29.6 Å². The lowest BCUT2D eigenvalue weighted by molar-refractivity contribution is 0.171. The van der Waals surface area contributed by atoms with Crippen molar-refractivity contribution in [2.75, 3.05) is 19.8 Å². The SMILES string of the molecule is CC(CNCc1cccs1)Sc1ccc2c(c1)OCCO2. The maximum Gasteiger partial charge on any atom is 0.162 e. The Hall–Kier alpha value is -1.17. The van der Waals surface area contributed by atoms with Crippen LogP contribution in [-0.2, 0) is 6.54 Å². The van der Waals surface area contributed by atoms with Crippen LogP contribution in [0.25, 0.3) is 0 Å². The molecule has 5 heteroatoms. The number of rotatable bonds is 6. The summed E-state index contributed by atoms with van der Waals surface area (Å²) in [4.78, 5) is 2.61. The van der Waals surface area contributed by atoms with E-state index < -0.39 is 0 Å². The van der Waals surface area contributed by atoms with E-state index in [2.05, 4.69) is 41.9 Å². The molecule has 1 N–H and O–H groups in total. The van der Waals surface area contributed by atoms with Gasteiger partial charge in [0.25, 0.3) is 0 Å². The second kappa shape index (κ2) is 7.20. The van der Waals surface area contributed by atoms with Crippen molar-refractivity contribution in [2.45, 2.75) is 23.6 Å². The normalized spacial score (nSPS) is 14.9. The Bertz CT molecular complexity index is 572. The summed E-state index contributed by atoms with van der Waals surface area (Å²) in [5, 5.41) is 6.13. The number of thiophene rings is 1. The number of hydrogen-bond donors (Lipinski definition) is 1. The van der Waals surface area contributed by atoms with Gasteiger partial charge in [0.2, 0.25) is 0 Å². The smallest absolute Gasteiger partial charge is 0.162 e. The average molecular weight is 321 g/mol. The number of hydrogen-bond acceptors (Lipinski definition) is 5. The van der Waals surface area contributed by atoms with Crippen molar-refractivity contribution in [1.29, 1.82) is 0 Å². The highest BCUT2D eigenvalue weighted by Gasteiger charge is 2.13. The molecule has 0 bridgehead atoms. The first-order valence-electron chi connectivity index (χ1n) is 7.10. The van der Waals surface area contributed by atoms with Crippen molar-refractivity contribution in [2.24, 2.45) is 0 Å². The van der Waals surface area contributed by atoms with Crippen molar-refractivity contribution in [1.82, 2.24) is 5.32 Å². The van der Waals surface area contributed by atoms with Crippen LogP contribution in [0, 0.1) is 0 Å². The number of nitrogens with one attached hydrogen (secondary N) is 1. The fourth-order valence-corrected chi connectivity index (χ4v) is 3.84. The number of ether oxygens (including phenoxy) is 2. The van der Waals surface area contributed by atoms with E-state index in [1.807, 2.05) is 17.8 Å². The van der Waals surface area contributed by atoms with Crippen molar-refractivity contribution in [3.8, 4) is 11.5 Å². The fraction of sp³-hybridized carbons (Fsp3) is 0.375. The lowest BCUT2D eigenvalue weighted by Gasteiger charge is -2.19. The fourth-order valence-electron chi connectivity index (χ4n) is 2.18. The molecule has 1 aromatic carbocycles. The van der Waals surface area contributed by atoms with Gasteiger partial charge in [0.05, 0.1) is 0 Å². The summed E-state index contributed by atoms with van der Waals surface area (Å²) < 4.78 is 11.2. The summed E-state index contributed by atoms with van der Waals surface area (Å²) in [6, 6.07) is 10.4. The minimum absolute atomic E-state index is 0.507. The van der Waals surface area contributed by atoms with Crippen LogP contribution >= 0.6 is 23.1 Å². The summed E-state index contributed by atoms with van der Waals surface area (Å²) >= 11 is 3.65. The van der Waals surface area contributed by atoms with E-state index in [1.165, 1.54) is 9.77 Å². The van der Waals surface area contributed by atoms with Crippen LogP contribution in [0.1, 0.15) is 11.8 Å². The van der Waals surface area contributed by atoms with Gasteiger partial charge in [-0.25, -0.2) is 0 Å². The maximum atomic E-state index is 5.62. The first kappa shape index (κ1) is 14.8. The molecule has 0 amide bonds. The van der Waals surface area contributed by atoms with E-state index in [0.29, 0.717) is 18.5 Å². The highest BCUT2D eigenvalue weighted by Crippen LogP contribution is 2.35. The molecule has 3 nitrogen and oxygen atoms in total. The third-order valence-corrected chi connectivity index (χ3v) is 5.13. The summed E-state index contributed by atoms with van der Waals surface area (Å²) in [6.45, 7) is 5.45. The van der Waals surface area contributed by atoms with Gasteiger partial charge in [0.1, 0.15) is 13.2 Å². The zero-order valence-electron chi connectivity index (χ0n) is 12.0. The van der Waals surface area contributed by atoms with E-state index in [1.54, 1.807) is 11.3 Å². The Balaban J connectivity index is 1.49. The summed E-state index contributed by atoms with van der Waals surface area (Å²) in [5.41, 5.74) is 0. The second-order valence-electron chi connectivity index (χ2n) is 4.94. The van der Waals surface area contributed by atoms with Crippen LogP contribution in [0.3, 0.4) is 0 Å². The molecule has 0 saturated heterocycles. The van der Waals surface area contributed by atoms with Crippen LogP contribution < -0.4 is 14.8 Å². The largest absolute Gasteiger partial charge is 0.486 e. The molecule has 1 aliphatic rings. The zero-order chi connectivity index (χ0) is 14.5. The molecule has 2 heterocycles. The molecule has 1 atom stereocenters. The molecule has 0 saturated carbocycles. The molecule has 0 spiro atoms. The van der Waals surface area contributed by atoms with Gasteiger partial charge in [-0.1, -0.05) is 13.0 Å². The van der Waals surface area contributed by atoms with Crippen molar-refractivity contribution < 1.29 is 9.47 Å². The van der Waals surface area contributed by atoms with Crippen molar-refractivity contribution in [3.05, 3.63) is 40.6 Å². The van der Waals surface area contributed by atoms with Crippen LogP contribution in [0.2, 0.25) is 0 Å². The monoisotopic (exact) mass is 321 g/mol. The zero-order valence-corrected chi connectivity index (χ0v) is 13.6. The third kappa shape index (κ3) is 4.15. The van der Waals surface area contributed by atoms with Crippen LogP contribution in [0.5, 0.6) is 11.5 Å². The summed E-state index contributed by atoms with van der Waals surface area (Å²) in [5.74, 6) is 1.72. The Kier molecular flexibility index (Phi) is 5.06. The molecule has 0 fully saturated rings. The predicted octanol–water partition coefficient (Wildman–Crippen LogP) is 3.79. The molecular formula is C16H19NO2S2. The topological polar surface area (TPSA) is 30.5 Å². The minimum Gasteiger partial charge on any atom is -0.486 e. The number of benzene rings is 1. The third-order valence-electron chi connectivity index (χ3n) is 3.16. The first-order valence-corrected chi connectivity index (χ1v) is 8.86. The minimum atomic E-state index is 0.507. The Morgan fingerprint density at radius 1 is 1.24 bits per heavy atom. The van der Waals surface area contributed by atoms with Gasteiger partial charge in [-0.2, -0.15) is 0 Å². The van der Waals surface area contributed by atoms with Crippen LogP contribution in [-0.4, -0.2) is 25.0 Å². The molecule has 21 heavy (non-hydrogen) atoms. The molecule has 0 aliphatic carbocycles. The molecular weight excluding hydrogens is 302 g/mol. The summed E-state index contributed by atoms with van der Waals surface area (Å²) in [7, 11) is 0. The van der Waals surface area contributed by atoms with Gasteiger partial charge in [-0.3, -0.25) is 0 Å². The molecule has 1 aliphatic heterocycles.